The quantitative estimate of drug-likeness (QED) is 0.746. The third-order valence-electron chi connectivity index (χ3n) is 3.87. The van der Waals surface area contributed by atoms with Gasteiger partial charge in [0, 0.05) is 17.8 Å². The Morgan fingerprint density at radius 1 is 1.18 bits per heavy atom. The van der Waals surface area contributed by atoms with Crippen LogP contribution in [0.2, 0.25) is 5.02 Å². The minimum Gasteiger partial charge on any atom is -0.449 e. The molecule has 2 rings (SSSR count). The molecule has 1 N–H and O–H groups in total. The van der Waals surface area contributed by atoms with E-state index in [2.05, 4.69) is 5.32 Å². The summed E-state index contributed by atoms with van der Waals surface area (Å²) in [6.45, 7) is 3.03. The van der Waals surface area contributed by atoms with E-state index >= 15 is 0 Å². The summed E-state index contributed by atoms with van der Waals surface area (Å²) in [6, 6.07) is 10.6. The second-order valence-corrected chi connectivity index (χ2v) is 6.72. The van der Waals surface area contributed by atoms with Crippen molar-refractivity contribution in [2.24, 2.45) is 0 Å². The van der Waals surface area contributed by atoms with Gasteiger partial charge in [0.1, 0.15) is 5.82 Å². The largest absolute Gasteiger partial charge is 0.449 e. The van der Waals surface area contributed by atoms with Gasteiger partial charge in [-0.3, -0.25) is 9.59 Å². The molecule has 6 nitrogen and oxygen atoms in total. The summed E-state index contributed by atoms with van der Waals surface area (Å²) in [5, 5.41) is 2.83. The lowest BCUT2D eigenvalue weighted by atomic mass is 10.2. The fraction of sp³-hybridized carbons (Fsp3) is 0.250. The van der Waals surface area contributed by atoms with Crippen molar-refractivity contribution in [3.63, 3.8) is 0 Å². The molecule has 0 radical (unpaired) electrons. The number of nitrogens with zero attached hydrogens (tertiary/aromatic N) is 1. The van der Waals surface area contributed by atoms with Crippen molar-refractivity contribution in [2.75, 3.05) is 18.9 Å². The van der Waals surface area contributed by atoms with Crippen LogP contribution in [-0.2, 0) is 14.3 Å². The van der Waals surface area contributed by atoms with E-state index in [1.807, 2.05) is 19.1 Å². The number of rotatable bonds is 6. The van der Waals surface area contributed by atoms with Crippen molar-refractivity contribution in [3.05, 3.63) is 64.4 Å². The Kier molecular flexibility index (Phi) is 7.12. The van der Waals surface area contributed by atoms with Gasteiger partial charge < -0.3 is 15.0 Å². The first kappa shape index (κ1) is 21.4. The molecule has 0 aliphatic carbocycles. The van der Waals surface area contributed by atoms with Crippen LogP contribution in [0.1, 0.15) is 22.8 Å². The molecule has 0 saturated heterocycles. The second-order valence-electron chi connectivity index (χ2n) is 6.28. The molecule has 1 atom stereocenters. The summed E-state index contributed by atoms with van der Waals surface area (Å²) in [6.07, 6.45) is -1.21. The van der Waals surface area contributed by atoms with E-state index in [-0.39, 0.29) is 17.1 Å². The van der Waals surface area contributed by atoms with E-state index in [0.717, 1.165) is 22.6 Å². The Bertz CT molecular complexity index is 886. The van der Waals surface area contributed by atoms with E-state index < -0.39 is 29.7 Å². The van der Waals surface area contributed by atoms with E-state index in [1.54, 1.807) is 12.1 Å². The van der Waals surface area contributed by atoms with Gasteiger partial charge in [0.2, 0.25) is 5.91 Å². The Balaban J connectivity index is 1.92. The third-order valence-corrected chi connectivity index (χ3v) is 4.11. The number of anilines is 1. The molecule has 0 saturated carbocycles. The summed E-state index contributed by atoms with van der Waals surface area (Å²) in [5.74, 6) is -2.83. The first-order valence-electron chi connectivity index (χ1n) is 8.45. The van der Waals surface area contributed by atoms with Gasteiger partial charge in [-0.25, -0.2) is 9.18 Å². The van der Waals surface area contributed by atoms with E-state index in [0.29, 0.717) is 5.69 Å². The number of halogens is 2. The van der Waals surface area contributed by atoms with Crippen molar-refractivity contribution >= 4 is 35.1 Å². The summed E-state index contributed by atoms with van der Waals surface area (Å²) >= 11 is 5.75. The van der Waals surface area contributed by atoms with Crippen molar-refractivity contribution in [3.8, 4) is 0 Å². The van der Waals surface area contributed by atoms with Gasteiger partial charge in [-0.05, 0) is 44.2 Å². The zero-order chi connectivity index (χ0) is 20.8. The number of carbonyl (C=O) groups excluding carboxylic acids is 3. The Morgan fingerprint density at radius 2 is 1.82 bits per heavy atom. The highest BCUT2D eigenvalue weighted by molar-refractivity contribution is 6.30. The lowest BCUT2D eigenvalue weighted by Gasteiger charge is -2.21. The first-order chi connectivity index (χ1) is 13.2. The molecule has 0 heterocycles. The molecule has 0 spiro atoms. The third kappa shape index (κ3) is 5.79. The van der Waals surface area contributed by atoms with Crippen LogP contribution < -0.4 is 5.32 Å². The first-order valence-corrected chi connectivity index (χ1v) is 8.82. The normalized spacial score (nSPS) is 11.5. The van der Waals surface area contributed by atoms with Crippen LogP contribution in [-0.4, -0.2) is 42.4 Å². The maximum atomic E-state index is 13.7. The van der Waals surface area contributed by atoms with Gasteiger partial charge in [0.15, 0.2) is 6.10 Å². The lowest BCUT2D eigenvalue weighted by Crippen LogP contribution is -2.41. The second kappa shape index (κ2) is 9.32. The van der Waals surface area contributed by atoms with Gasteiger partial charge in [-0.15, -0.1) is 0 Å². The number of likely N-dealkylation sites (N-methyl/N-ethyl adjacent to an activating group) is 1. The molecule has 0 unspecified atom stereocenters. The number of aryl methyl sites for hydroxylation is 1. The molecule has 0 fully saturated rings. The number of nitrogens with one attached hydrogen (secondary N) is 1. The fourth-order valence-corrected chi connectivity index (χ4v) is 2.54. The summed E-state index contributed by atoms with van der Waals surface area (Å²) in [7, 11) is 1.40. The summed E-state index contributed by atoms with van der Waals surface area (Å²) in [4.78, 5) is 37.6. The van der Waals surface area contributed by atoms with Crippen molar-refractivity contribution in [1.82, 2.24) is 4.90 Å². The predicted octanol–water partition coefficient (Wildman–Crippen LogP) is 3.43. The minimum absolute atomic E-state index is 0.164. The predicted molar refractivity (Wildman–Crippen MR) is 104 cm³/mol. The van der Waals surface area contributed by atoms with Crippen LogP contribution in [0.15, 0.2) is 42.5 Å². The zero-order valence-corrected chi connectivity index (χ0v) is 16.4. The number of hydrogen-bond donors (Lipinski definition) is 1. The van der Waals surface area contributed by atoms with E-state index in [9.17, 15) is 18.8 Å². The van der Waals surface area contributed by atoms with Gasteiger partial charge in [-0.1, -0.05) is 29.3 Å². The summed E-state index contributed by atoms with van der Waals surface area (Å²) in [5.41, 5.74) is 1.29. The van der Waals surface area contributed by atoms with Crippen LogP contribution in [0.3, 0.4) is 0 Å². The Labute approximate surface area is 167 Å². The van der Waals surface area contributed by atoms with E-state index in [4.69, 9.17) is 16.3 Å². The van der Waals surface area contributed by atoms with Crippen molar-refractivity contribution in [2.45, 2.75) is 20.0 Å². The van der Waals surface area contributed by atoms with E-state index in [1.165, 1.54) is 20.0 Å². The molecule has 8 heteroatoms. The molecule has 148 valence electrons. The van der Waals surface area contributed by atoms with Gasteiger partial charge in [0.25, 0.3) is 5.91 Å². The van der Waals surface area contributed by atoms with Crippen LogP contribution in [0.25, 0.3) is 0 Å². The standard InChI is InChI=1S/C20H20ClFN2O4/c1-12-4-7-15(8-5-12)23-18(25)11-24(3)19(26)13(2)28-20(27)16-10-14(21)6-9-17(16)22/h4-10,13H,11H2,1-3H3,(H,23,25)/t13-/m0/s1. The Morgan fingerprint density at radius 3 is 2.46 bits per heavy atom. The summed E-state index contributed by atoms with van der Waals surface area (Å²) < 4.78 is 18.7. The molecule has 0 aromatic heterocycles. The smallest absolute Gasteiger partial charge is 0.341 e. The maximum Gasteiger partial charge on any atom is 0.341 e. The van der Waals surface area contributed by atoms with Crippen LogP contribution >= 0.6 is 11.6 Å². The average Bonchev–Trinajstić information content (AvgIpc) is 2.64. The van der Waals surface area contributed by atoms with Crippen molar-refractivity contribution < 1.29 is 23.5 Å². The number of carbonyl (C=O) groups is 3. The fourth-order valence-electron chi connectivity index (χ4n) is 2.37. The monoisotopic (exact) mass is 406 g/mol. The van der Waals surface area contributed by atoms with Crippen LogP contribution in [0, 0.1) is 12.7 Å². The van der Waals surface area contributed by atoms with Gasteiger partial charge in [-0.2, -0.15) is 0 Å². The van der Waals surface area contributed by atoms with Gasteiger partial charge in [0.05, 0.1) is 12.1 Å². The van der Waals surface area contributed by atoms with Crippen LogP contribution in [0.4, 0.5) is 10.1 Å². The number of esters is 1. The topological polar surface area (TPSA) is 75.7 Å². The molecule has 2 aromatic carbocycles. The highest BCUT2D eigenvalue weighted by Crippen LogP contribution is 2.17. The van der Waals surface area contributed by atoms with Crippen LogP contribution in [0.5, 0.6) is 0 Å². The maximum absolute atomic E-state index is 13.7. The number of amides is 2. The number of ether oxygens (including phenoxy) is 1. The molecule has 0 aliphatic heterocycles. The minimum atomic E-state index is -1.21. The number of hydrogen-bond acceptors (Lipinski definition) is 4. The Hall–Kier alpha value is -2.93. The van der Waals surface area contributed by atoms with Gasteiger partial charge >= 0.3 is 5.97 Å². The molecular formula is C20H20ClFN2O4. The molecule has 0 aliphatic rings. The highest BCUT2D eigenvalue weighted by atomic mass is 35.5. The molecule has 28 heavy (non-hydrogen) atoms. The lowest BCUT2D eigenvalue weighted by molar-refractivity contribution is -0.140. The molecule has 2 aromatic rings. The van der Waals surface area contributed by atoms with Crippen molar-refractivity contribution in [1.29, 1.82) is 0 Å². The molecular weight excluding hydrogens is 387 g/mol. The molecule has 0 bridgehead atoms. The SMILES string of the molecule is Cc1ccc(NC(=O)CN(C)C(=O)[C@H](C)OC(=O)c2cc(Cl)ccc2F)cc1. The zero-order valence-electron chi connectivity index (χ0n) is 15.7. The molecule has 2 amide bonds. The number of benzene rings is 2. The average molecular weight is 407 g/mol. The highest BCUT2D eigenvalue weighted by Gasteiger charge is 2.25.